The lowest BCUT2D eigenvalue weighted by molar-refractivity contribution is -0.0439. The van der Waals surface area contributed by atoms with Crippen molar-refractivity contribution in [3.05, 3.63) is 18.6 Å². The average molecular weight is 321 g/mol. The number of aliphatic hydroxyl groups is 2. The van der Waals surface area contributed by atoms with Gasteiger partial charge in [0.1, 0.15) is 36.1 Å². The highest BCUT2D eigenvalue weighted by Crippen LogP contribution is 2.33. The zero-order chi connectivity index (χ0) is 16.7. The molecule has 126 valence electrons. The minimum absolute atomic E-state index is 0.321. The fourth-order valence-electron chi connectivity index (χ4n) is 2.80. The number of anilines is 1. The number of rotatable bonds is 4. The van der Waals surface area contributed by atoms with Gasteiger partial charge < -0.3 is 30.2 Å². The number of ether oxygens (including phenoxy) is 1. The van der Waals surface area contributed by atoms with Crippen LogP contribution in [0.1, 0.15) is 20.1 Å². The molecule has 8 nitrogen and oxygen atoms in total. The molecule has 1 fully saturated rings. The van der Waals surface area contributed by atoms with Gasteiger partial charge in [0, 0.05) is 18.8 Å². The van der Waals surface area contributed by atoms with Gasteiger partial charge in [0.25, 0.3) is 0 Å². The lowest BCUT2D eigenvalue weighted by Gasteiger charge is -2.25. The van der Waals surface area contributed by atoms with Crippen molar-refractivity contribution < 1.29 is 14.9 Å². The van der Waals surface area contributed by atoms with Crippen molar-refractivity contribution in [3.63, 3.8) is 0 Å². The first-order valence-electron chi connectivity index (χ1n) is 7.69. The Morgan fingerprint density at radius 1 is 1.35 bits per heavy atom. The zero-order valence-corrected chi connectivity index (χ0v) is 13.5. The molecule has 4 atom stereocenters. The van der Waals surface area contributed by atoms with E-state index in [2.05, 4.69) is 28.7 Å². The van der Waals surface area contributed by atoms with Crippen LogP contribution in [-0.4, -0.2) is 67.6 Å². The fourth-order valence-corrected chi connectivity index (χ4v) is 2.80. The van der Waals surface area contributed by atoms with Gasteiger partial charge in [-0.15, -0.1) is 0 Å². The van der Waals surface area contributed by atoms with E-state index in [4.69, 9.17) is 10.5 Å². The van der Waals surface area contributed by atoms with E-state index in [0.717, 1.165) is 0 Å². The standard InChI is InChI=1S/C15H23N5O3/c1-8(2)19(3)6-10-11(21)12(22)15(23-10)20-5-4-9-13(16)17-7-18-14(9)20/h4-5,7-8,10-12,15,21-22H,6H2,1-3H3,(H2,16,17,18)/t10-,11-,12-,15-/m1/s1. The fraction of sp³-hybridized carbons (Fsp3) is 0.600. The molecular formula is C15H23N5O3. The van der Waals surface area contributed by atoms with E-state index in [-0.39, 0.29) is 0 Å². The van der Waals surface area contributed by atoms with Crippen LogP contribution in [0.4, 0.5) is 5.82 Å². The van der Waals surface area contributed by atoms with Gasteiger partial charge in [-0.25, -0.2) is 9.97 Å². The van der Waals surface area contributed by atoms with E-state index >= 15 is 0 Å². The lowest BCUT2D eigenvalue weighted by Crippen LogP contribution is -2.40. The summed E-state index contributed by atoms with van der Waals surface area (Å²) in [5.41, 5.74) is 6.41. The monoisotopic (exact) mass is 321 g/mol. The van der Waals surface area contributed by atoms with E-state index in [1.807, 2.05) is 7.05 Å². The molecular weight excluding hydrogens is 298 g/mol. The number of fused-ring (bicyclic) bond motifs is 1. The largest absolute Gasteiger partial charge is 0.387 e. The number of nitrogens with two attached hydrogens (primary N) is 1. The molecule has 0 unspecified atom stereocenters. The Balaban J connectivity index is 1.87. The molecule has 3 rings (SSSR count). The van der Waals surface area contributed by atoms with Gasteiger partial charge in [0.2, 0.25) is 0 Å². The summed E-state index contributed by atoms with van der Waals surface area (Å²) in [6, 6.07) is 2.10. The first kappa shape index (κ1) is 16.1. The molecule has 3 heterocycles. The number of aliphatic hydroxyl groups excluding tert-OH is 2. The third-order valence-corrected chi connectivity index (χ3v) is 4.50. The predicted molar refractivity (Wildman–Crippen MR) is 85.6 cm³/mol. The molecule has 0 radical (unpaired) electrons. The summed E-state index contributed by atoms with van der Waals surface area (Å²) in [5, 5.41) is 21.4. The van der Waals surface area contributed by atoms with Crippen molar-refractivity contribution in [1.29, 1.82) is 0 Å². The average Bonchev–Trinajstić information content (AvgIpc) is 3.05. The second kappa shape index (κ2) is 6.04. The Kier molecular flexibility index (Phi) is 4.24. The maximum atomic E-state index is 10.4. The molecule has 2 aromatic heterocycles. The van der Waals surface area contributed by atoms with Crippen LogP contribution in [0.15, 0.2) is 18.6 Å². The Morgan fingerprint density at radius 2 is 2.09 bits per heavy atom. The molecule has 2 aromatic rings. The van der Waals surface area contributed by atoms with Crippen molar-refractivity contribution in [2.24, 2.45) is 0 Å². The van der Waals surface area contributed by atoms with Crippen LogP contribution in [0.2, 0.25) is 0 Å². The van der Waals surface area contributed by atoms with Crippen molar-refractivity contribution >= 4 is 16.9 Å². The summed E-state index contributed by atoms with van der Waals surface area (Å²) < 4.78 is 7.61. The van der Waals surface area contributed by atoms with Crippen molar-refractivity contribution in [1.82, 2.24) is 19.4 Å². The molecule has 4 N–H and O–H groups in total. The Hall–Kier alpha value is -1.74. The molecule has 0 saturated carbocycles. The van der Waals surface area contributed by atoms with Gasteiger partial charge in [-0.05, 0) is 27.0 Å². The summed E-state index contributed by atoms with van der Waals surface area (Å²) in [7, 11) is 1.96. The van der Waals surface area contributed by atoms with Gasteiger partial charge in [0.15, 0.2) is 6.23 Å². The predicted octanol–water partition coefficient (Wildman–Crippen LogP) is -0.0271. The third kappa shape index (κ3) is 2.78. The number of nitrogen functional groups attached to an aromatic ring is 1. The number of nitrogens with zero attached hydrogens (tertiary/aromatic N) is 4. The zero-order valence-electron chi connectivity index (χ0n) is 13.5. The number of hydrogen-bond donors (Lipinski definition) is 3. The number of aromatic nitrogens is 3. The minimum atomic E-state index is -1.03. The topological polar surface area (TPSA) is 110 Å². The van der Waals surface area contributed by atoms with Gasteiger partial charge in [0.05, 0.1) is 5.39 Å². The smallest absolute Gasteiger partial charge is 0.164 e. The Morgan fingerprint density at radius 3 is 2.78 bits per heavy atom. The highest BCUT2D eigenvalue weighted by atomic mass is 16.6. The third-order valence-electron chi connectivity index (χ3n) is 4.50. The van der Waals surface area contributed by atoms with Crippen molar-refractivity contribution in [3.8, 4) is 0 Å². The lowest BCUT2D eigenvalue weighted by atomic mass is 10.1. The molecule has 0 aromatic carbocycles. The molecule has 0 amide bonds. The highest BCUT2D eigenvalue weighted by Gasteiger charge is 2.44. The van der Waals surface area contributed by atoms with Crippen LogP contribution < -0.4 is 5.73 Å². The second-order valence-electron chi connectivity index (χ2n) is 6.30. The quantitative estimate of drug-likeness (QED) is 0.725. The van der Waals surface area contributed by atoms with E-state index in [9.17, 15) is 10.2 Å². The van der Waals surface area contributed by atoms with Crippen LogP contribution in [0, 0.1) is 0 Å². The summed E-state index contributed by atoms with van der Waals surface area (Å²) in [6.45, 7) is 4.66. The molecule has 0 spiro atoms. The van der Waals surface area contributed by atoms with E-state index in [0.29, 0.717) is 29.4 Å². The summed E-state index contributed by atoms with van der Waals surface area (Å²) in [4.78, 5) is 10.2. The first-order valence-corrected chi connectivity index (χ1v) is 7.69. The highest BCUT2D eigenvalue weighted by molar-refractivity contribution is 5.86. The second-order valence-corrected chi connectivity index (χ2v) is 6.30. The molecule has 8 heteroatoms. The Labute approximate surface area is 134 Å². The van der Waals surface area contributed by atoms with Crippen molar-refractivity contribution in [2.45, 2.75) is 44.4 Å². The van der Waals surface area contributed by atoms with Crippen molar-refractivity contribution in [2.75, 3.05) is 19.3 Å². The van der Waals surface area contributed by atoms with Gasteiger partial charge in [-0.1, -0.05) is 0 Å². The SMILES string of the molecule is CC(C)N(C)C[C@H]1O[C@@H](n2ccc3c(N)ncnc32)[C@H](O)[C@@H]1O. The number of hydrogen-bond acceptors (Lipinski definition) is 7. The van der Waals surface area contributed by atoms with E-state index in [1.54, 1.807) is 16.8 Å². The van der Waals surface area contributed by atoms with Gasteiger partial charge in [-0.2, -0.15) is 0 Å². The maximum Gasteiger partial charge on any atom is 0.164 e. The minimum Gasteiger partial charge on any atom is -0.387 e. The van der Waals surface area contributed by atoms with Crippen LogP contribution in [-0.2, 0) is 4.74 Å². The van der Waals surface area contributed by atoms with E-state index < -0.39 is 24.5 Å². The Bertz CT molecular complexity index is 689. The van der Waals surface area contributed by atoms with Gasteiger partial charge in [-0.3, -0.25) is 0 Å². The maximum absolute atomic E-state index is 10.4. The van der Waals surface area contributed by atoms with Crippen LogP contribution in [0.25, 0.3) is 11.0 Å². The summed E-state index contributed by atoms with van der Waals surface area (Å²) in [6.07, 6.45) is -0.0626. The summed E-state index contributed by atoms with van der Waals surface area (Å²) >= 11 is 0. The summed E-state index contributed by atoms with van der Waals surface area (Å²) in [5.74, 6) is 0.373. The number of likely N-dealkylation sites (N-methyl/N-ethyl adjacent to an activating group) is 1. The van der Waals surface area contributed by atoms with Crippen LogP contribution in [0.5, 0.6) is 0 Å². The van der Waals surface area contributed by atoms with Gasteiger partial charge >= 0.3 is 0 Å². The molecule has 1 aliphatic heterocycles. The molecule has 1 aliphatic rings. The molecule has 0 aliphatic carbocycles. The van der Waals surface area contributed by atoms with E-state index in [1.165, 1.54) is 6.33 Å². The molecule has 0 bridgehead atoms. The first-order chi connectivity index (χ1) is 10.9. The normalized spacial score (nSPS) is 28.3. The molecule has 1 saturated heterocycles. The van der Waals surface area contributed by atoms with Crippen LogP contribution in [0.3, 0.4) is 0 Å². The molecule has 23 heavy (non-hydrogen) atoms. The van der Waals surface area contributed by atoms with Crippen LogP contribution >= 0.6 is 0 Å².